The zero-order chi connectivity index (χ0) is 73.5. The number of allylic oxidation sites excluding steroid dienone is 1. The Bertz CT molecular complexity index is 2720. The second-order valence-corrected chi connectivity index (χ2v) is 31.3. The molecule has 100 heavy (non-hydrogen) atoms. The van der Waals surface area contributed by atoms with Crippen molar-refractivity contribution in [3.8, 4) is 0 Å². The second kappa shape index (κ2) is 31.4. The Kier molecular flexibility index (Phi) is 25.3. The van der Waals surface area contributed by atoms with Crippen LogP contribution in [0.2, 0.25) is 0 Å². The van der Waals surface area contributed by atoms with Crippen LogP contribution in [0.15, 0.2) is 11.6 Å². The minimum absolute atomic E-state index is 0.0422. The van der Waals surface area contributed by atoms with Crippen molar-refractivity contribution in [2.75, 3.05) is 39.6 Å². The molecule has 0 bridgehead atoms. The maximum absolute atomic E-state index is 15.6. The van der Waals surface area contributed by atoms with Crippen molar-refractivity contribution >= 4 is 5.78 Å². The van der Waals surface area contributed by atoms with Gasteiger partial charge in [-0.1, -0.05) is 53.2 Å². The summed E-state index contributed by atoms with van der Waals surface area (Å²) in [6.07, 6.45) is -48.6. The van der Waals surface area contributed by atoms with E-state index in [1.165, 1.54) is 13.8 Å². The third kappa shape index (κ3) is 14.7. The number of carbonyl (C=O) groups is 1. The molecule has 3 saturated carbocycles. The molecule has 578 valence electrons. The maximum Gasteiger partial charge on any atom is 0.187 e. The summed E-state index contributed by atoms with van der Waals surface area (Å²) < 4.78 is 71.6. The highest BCUT2D eigenvalue weighted by Gasteiger charge is 2.71. The van der Waals surface area contributed by atoms with Crippen molar-refractivity contribution < 1.29 is 169 Å². The van der Waals surface area contributed by atoms with Crippen LogP contribution in [0.5, 0.6) is 0 Å². The van der Waals surface area contributed by atoms with Crippen molar-refractivity contribution in [3.63, 3.8) is 0 Å². The zero-order valence-corrected chi connectivity index (χ0v) is 57.5. The standard InChI is InChI=1S/C66H110O34/c1-24(9-13-37(63(4,5)88)98-61-55(100-60-52(86)46(80)41(75)31(21-70)94-60)47(81)42(76)32(95-61)22-89-56-49(83)43(77)38(72)28(18-67)91-56)25-15-16-64(6)34-12-10-26-27(66(34,8)35(71)17-65(25,64)7)11-14-36(62(26,2)3)97-58-53(87)48(82)54(99-59-51(85)45(79)40(74)30(20-69)93-59)33(96-58)23-90-57-50(84)44(78)39(73)29(19-68)92-57/h10,24-25,27-34,36-61,67-70,72-88H,9,11-23H2,1-8H3/t24-,25-,27-,28-,29-,30-,31-,32-,33-,34+,36+,37-,38-,39-,40-,41-,42-,43+,44+,45+,46+,47+,48-,49-,50-,51-,52-,53-,54-,55-,56-,57-,58+,59-,60+,61+,64+,65-,66+/m1/s1. The van der Waals surface area contributed by atoms with Gasteiger partial charge in [0.2, 0.25) is 0 Å². The summed E-state index contributed by atoms with van der Waals surface area (Å²) in [5.41, 5.74) is -3.37. The van der Waals surface area contributed by atoms with Crippen LogP contribution >= 0.6 is 0 Å². The average molecular weight is 1450 g/mol. The molecule has 10 rings (SSSR count). The summed E-state index contributed by atoms with van der Waals surface area (Å²) in [5.74, 6) is -0.468. The predicted octanol–water partition coefficient (Wildman–Crippen LogP) is -7.38. The summed E-state index contributed by atoms with van der Waals surface area (Å²) >= 11 is 0. The number of aliphatic hydroxyl groups excluding tert-OH is 20. The van der Waals surface area contributed by atoms with Crippen LogP contribution in [-0.4, -0.2) is 355 Å². The number of ketones is 1. The van der Waals surface area contributed by atoms with Crippen LogP contribution in [0.4, 0.5) is 0 Å². The molecule has 4 aliphatic carbocycles. The van der Waals surface area contributed by atoms with Crippen LogP contribution in [0.3, 0.4) is 0 Å². The van der Waals surface area contributed by atoms with Crippen molar-refractivity contribution in [2.45, 2.75) is 309 Å². The second-order valence-electron chi connectivity index (χ2n) is 31.3. The van der Waals surface area contributed by atoms with E-state index in [1.54, 1.807) is 0 Å². The van der Waals surface area contributed by atoms with Gasteiger partial charge in [0.1, 0.15) is 152 Å². The molecular weight excluding hydrogens is 1340 g/mol. The van der Waals surface area contributed by atoms with Gasteiger partial charge >= 0.3 is 0 Å². The van der Waals surface area contributed by atoms with Crippen molar-refractivity contribution in [1.82, 2.24) is 0 Å². The van der Waals surface area contributed by atoms with Crippen LogP contribution in [0.25, 0.3) is 0 Å². The maximum atomic E-state index is 15.6. The van der Waals surface area contributed by atoms with Crippen LogP contribution in [0, 0.1) is 45.3 Å². The van der Waals surface area contributed by atoms with Gasteiger partial charge < -0.3 is 164 Å². The largest absolute Gasteiger partial charge is 0.394 e. The van der Waals surface area contributed by atoms with Gasteiger partial charge in [-0.3, -0.25) is 4.79 Å². The van der Waals surface area contributed by atoms with E-state index in [9.17, 15) is 107 Å². The fraction of sp³-hybridized carbons (Fsp3) is 0.955. The highest BCUT2D eigenvalue weighted by molar-refractivity contribution is 5.88. The summed E-state index contributed by atoms with van der Waals surface area (Å²) in [5, 5.41) is 226. The summed E-state index contributed by atoms with van der Waals surface area (Å²) in [4.78, 5) is 15.6. The van der Waals surface area contributed by atoms with E-state index >= 15 is 4.79 Å². The first kappa shape index (κ1) is 80.6. The topological polar surface area (TPSA) is 553 Å². The third-order valence-corrected chi connectivity index (χ3v) is 24.7. The molecule has 6 heterocycles. The van der Waals surface area contributed by atoms with Gasteiger partial charge in [-0.15, -0.1) is 0 Å². The molecule has 0 amide bonds. The van der Waals surface area contributed by atoms with Gasteiger partial charge in [-0.2, -0.15) is 0 Å². The van der Waals surface area contributed by atoms with Gasteiger partial charge in [-0.05, 0) is 93.3 Å². The normalized spacial score (nSPS) is 51.3. The first-order chi connectivity index (χ1) is 46.9. The molecular formula is C66H110O34. The van der Waals surface area contributed by atoms with E-state index < -0.39 is 263 Å². The number of fused-ring (bicyclic) bond motifs is 5. The highest BCUT2D eigenvalue weighted by atomic mass is 16.8. The fourth-order valence-electron chi connectivity index (χ4n) is 18.2. The molecule has 0 radical (unpaired) electrons. The number of hydrogen-bond acceptors (Lipinski definition) is 34. The minimum atomic E-state index is -1.99. The molecule has 0 unspecified atom stereocenters. The Balaban J connectivity index is 0.838. The number of hydrogen-bond donors (Lipinski definition) is 21. The Morgan fingerprint density at radius 2 is 0.890 bits per heavy atom. The van der Waals surface area contributed by atoms with Gasteiger partial charge in [-0.25, -0.2) is 0 Å². The van der Waals surface area contributed by atoms with Crippen molar-refractivity contribution in [2.24, 2.45) is 45.3 Å². The third-order valence-electron chi connectivity index (χ3n) is 24.7. The number of ether oxygens (including phenoxy) is 12. The van der Waals surface area contributed by atoms with Gasteiger partial charge in [0.25, 0.3) is 0 Å². The van der Waals surface area contributed by atoms with Crippen molar-refractivity contribution in [1.29, 1.82) is 0 Å². The summed E-state index contributed by atoms with van der Waals surface area (Å²) in [7, 11) is 0. The Hall–Kier alpha value is -1.91. The molecule has 34 nitrogen and oxygen atoms in total. The number of aliphatic hydroxyl groups is 21. The van der Waals surface area contributed by atoms with Crippen LogP contribution < -0.4 is 0 Å². The zero-order valence-electron chi connectivity index (χ0n) is 57.5. The lowest BCUT2D eigenvalue weighted by molar-refractivity contribution is -0.380. The van der Waals surface area contributed by atoms with E-state index in [0.717, 1.165) is 18.4 Å². The Morgan fingerprint density at radius 1 is 0.480 bits per heavy atom. The molecule has 0 aromatic carbocycles. The van der Waals surface area contributed by atoms with E-state index in [2.05, 4.69) is 33.8 Å². The minimum Gasteiger partial charge on any atom is -0.394 e. The summed E-state index contributed by atoms with van der Waals surface area (Å²) in [6, 6.07) is 0. The molecule has 10 aliphatic rings. The smallest absolute Gasteiger partial charge is 0.187 e. The van der Waals surface area contributed by atoms with Crippen LogP contribution in [-0.2, 0) is 61.6 Å². The lowest BCUT2D eigenvalue weighted by atomic mass is 9.38. The number of Topliss-reactive ketones (excluding diaryl/α,β-unsaturated/α-hetero) is 1. The van der Waals surface area contributed by atoms with Crippen LogP contribution in [0.1, 0.15) is 107 Å². The van der Waals surface area contributed by atoms with Crippen molar-refractivity contribution in [3.05, 3.63) is 11.6 Å². The van der Waals surface area contributed by atoms with E-state index in [1.807, 2.05) is 13.8 Å². The average Bonchev–Trinajstić information content (AvgIpc) is 1.34. The molecule has 6 saturated heterocycles. The van der Waals surface area contributed by atoms with Gasteiger partial charge in [0.15, 0.2) is 37.7 Å². The summed E-state index contributed by atoms with van der Waals surface area (Å²) in [6.45, 7) is 10.9. The highest BCUT2D eigenvalue weighted by Crippen LogP contribution is 2.74. The molecule has 0 spiro atoms. The molecule has 0 aromatic heterocycles. The molecule has 34 heteroatoms. The molecule has 9 fully saturated rings. The Labute approximate surface area is 578 Å². The number of rotatable bonds is 23. The fourth-order valence-corrected chi connectivity index (χ4v) is 18.2. The van der Waals surface area contributed by atoms with E-state index in [4.69, 9.17) is 56.8 Å². The molecule has 21 N–H and O–H groups in total. The SMILES string of the molecule is C[C@H](CC[C@@H](O[C@@H]1O[C@H](CO[C@@H]2O[C@H](CO)[C@@H](O)[C@H](O)[C@H]2O)[C@@H](O)[C@H](O)[C@H]1O[C@@H]1O[C@H](CO)[C@@H](O)[C@H](O)[C@H]1O)C(C)(C)O)[C@H]1CC[C@@]2(C)[C@@H]3CC=C4[C@@H](CC[C@H](O[C@@H]5O[C@H](CO[C@@H]6O[C@H](CO)[C@@H](O)[C@H](O)[C@H]6O)[C@@H](O[C@H]6O[C@H](CO)[C@@H](O)[C@H](O)[C@H]6O)[C@H](O)[C@H]5O)C4(C)C)[C@]3(C)C(=O)C[C@]12C. The Morgan fingerprint density at radius 3 is 1.38 bits per heavy atom. The first-order valence-electron chi connectivity index (χ1n) is 34.9. The lowest BCUT2D eigenvalue weighted by Crippen LogP contribution is -2.66. The molecule has 6 aliphatic heterocycles. The van der Waals surface area contributed by atoms with Gasteiger partial charge in [0, 0.05) is 17.3 Å². The van der Waals surface area contributed by atoms with Gasteiger partial charge in [0.05, 0.1) is 57.5 Å². The van der Waals surface area contributed by atoms with E-state index in [0.29, 0.717) is 25.7 Å². The lowest BCUT2D eigenvalue weighted by Gasteiger charge is -2.65. The monoisotopic (exact) mass is 1450 g/mol. The van der Waals surface area contributed by atoms with E-state index in [-0.39, 0.29) is 42.3 Å². The number of carbonyl (C=O) groups excluding carboxylic acids is 1. The molecule has 0 aromatic rings. The first-order valence-corrected chi connectivity index (χ1v) is 34.9. The predicted molar refractivity (Wildman–Crippen MR) is 332 cm³/mol. The molecule has 39 atom stereocenters. The quantitative estimate of drug-likeness (QED) is 0.0423.